The zero-order chi connectivity index (χ0) is 23.3. The maximum absolute atomic E-state index is 12.2. The van der Waals surface area contributed by atoms with Crippen molar-refractivity contribution < 1.29 is 4.79 Å². The van der Waals surface area contributed by atoms with Gasteiger partial charge in [-0.05, 0) is 61.9 Å². The molecule has 1 saturated heterocycles. The molecular formula is C26H29N7O. The van der Waals surface area contributed by atoms with Crippen LogP contribution in [0.15, 0.2) is 48.9 Å². The van der Waals surface area contributed by atoms with Gasteiger partial charge in [0.25, 0.3) is 0 Å². The van der Waals surface area contributed by atoms with Gasteiger partial charge in [-0.3, -0.25) is 9.48 Å². The van der Waals surface area contributed by atoms with Crippen LogP contribution in [-0.2, 0) is 4.79 Å². The number of nitrogens with zero attached hydrogens (tertiary/aromatic N) is 6. The molecule has 5 rings (SSSR count). The summed E-state index contributed by atoms with van der Waals surface area (Å²) in [5.74, 6) is 1.20. The van der Waals surface area contributed by atoms with Crippen LogP contribution >= 0.6 is 0 Å². The molecule has 1 aromatic carbocycles. The van der Waals surface area contributed by atoms with Gasteiger partial charge in [-0.25, -0.2) is 9.97 Å². The predicted molar refractivity (Wildman–Crippen MR) is 130 cm³/mol. The van der Waals surface area contributed by atoms with Crippen LogP contribution in [0, 0.1) is 17.2 Å². The smallest absolute Gasteiger partial charge is 0.227 e. The van der Waals surface area contributed by atoms with E-state index < -0.39 is 0 Å². The van der Waals surface area contributed by atoms with Crippen molar-refractivity contribution in [3.05, 3.63) is 48.9 Å². The molecule has 0 bridgehead atoms. The lowest BCUT2D eigenvalue weighted by molar-refractivity contribution is -0.119. The largest absolute Gasteiger partial charge is 0.324 e. The van der Waals surface area contributed by atoms with Crippen LogP contribution < -0.4 is 10.2 Å². The van der Waals surface area contributed by atoms with Gasteiger partial charge in [-0.2, -0.15) is 10.4 Å². The Morgan fingerprint density at radius 1 is 1.12 bits per heavy atom. The van der Waals surface area contributed by atoms with E-state index in [2.05, 4.69) is 26.5 Å². The highest BCUT2D eigenvalue weighted by Gasteiger charge is 2.27. The maximum atomic E-state index is 12.2. The van der Waals surface area contributed by atoms with Crippen LogP contribution in [0.3, 0.4) is 0 Å². The summed E-state index contributed by atoms with van der Waals surface area (Å²) in [5.41, 5.74) is 3.47. The molecule has 2 aromatic heterocycles. The summed E-state index contributed by atoms with van der Waals surface area (Å²) in [6, 6.07) is 12.1. The number of rotatable bonds is 7. The Kier molecular flexibility index (Phi) is 6.52. The van der Waals surface area contributed by atoms with Gasteiger partial charge in [-0.1, -0.05) is 12.8 Å². The number of anilines is 3. The minimum absolute atomic E-state index is 0.117. The second-order valence-corrected chi connectivity index (χ2v) is 9.12. The van der Waals surface area contributed by atoms with Gasteiger partial charge in [0, 0.05) is 42.3 Å². The van der Waals surface area contributed by atoms with Crippen molar-refractivity contribution in [3.63, 3.8) is 0 Å². The van der Waals surface area contributed by atoms with E-state index in [-0.39, 0.29) is 11.9 Å². The first-order valence-corrected chi connectivity index (χ1v) is 12.1. The molecule has 174 valence electrons. The summed E-state index contributed by atoms with van der Waals surface area (Å²) < 4.78 is 1.95. The molecule has 1 saturated carbocycles. The molecular weight excluding hydrogens is 426 g/mol. The first kappa shape index (κ1) is 22.1. The van der Waals surface area contributed by atoms with E-state index >= 15 is 0 Å². The average Bonchev–Trinajstić information content (AvgIpc) is 3.57. The van der Waals surface area contributed by atoms with Gasteiger partial charge in [0.2, 0.25) is 11.9 Å². The van der Waals surface area contributed by atoms with Crippen molar-refractivity contribution in [2.24, 2.45) is 5.92 Å². The highest BCUT2D eigenvalue weighted by molar-refractivity contribution is 5.94. The summed E-state index contributed by atoms with van der Waals surface area (Å²) >= 11 is 0. The van der Waals surface area contributed by atoms with Crippen LogP contribution in [0.1, 0.15) is 57.4 Å². The molecule has 0 radical (unpaired) electrons. The van der Waals surface area contributed by atoms with Crippen LogP contribution in [-0.4, -0.2) is 32.2 Å². The van der Waals surface area contributed by atoms with E-state index in [1.807, 2.05) is 52.3 Å². The monoisotopic (exact) mass is 455 g/mol. The van der Waals surface area contributed by atoms with Gasteiger partial charge in [-0.15, -0.1) is 0 Å². The third-order valence-corrected chi connectivity index (χ3v) is 6.90. The van der Waals surface area contributed by atoms with Crippen LogP contribution in [0.2, 0.25) is 0 Å². The molecule has 1 aliphatic heterocycles. The van der Waals surface area contributed by atoms with Crippen LogP contribution in [0.25, 0.3) is 11.3 Å². The summed E-state index contributed by atoms with van der Waals surface area (Å²) in [5, 5.41) is 17.2. The number of carbonyl (C=O) groups is 1. The predicted octanol–water partition coefficient (Wildman–Crippen LogP) is 5.25. The minimum atomic E-state index is 0.117. The minimum Gasteiger partial charge on any atom is -0.324 e. The number of hydrogen-bond acceptors (Lipinski definition) is 6. The first-order valence-electron chi connectivity index (χ1n) is 12.1. The van der Waals surface area contributed by atoms with E-state index in [0.29, 0.717) is 24.7 Å². The van der Waals surface area contributed by atoms with E-state index in [9.17, 15) is 10.1 Å². The van der Waals surface area contributed by atoms with Gasteiger partial charge in [0.05, 0.1) is 30.4 Å². The fraction of sp³-hybridized carbons (Fsp3) is 0.423. The highest BCUT2D eigenvalue weighted by atomic mass is 16.2. The molecule has 3 heterocycles. The van der Waals surface area contributed by atoms with Gasteiger partial charge < -0.3 is 10.2 Å². The number of benzene rings is 1. The standard InChI is InChI=1S/C26H29N7O/c27-14-12-24(19-5-1-2-6-19)33-18-20(17-29-33)23-13-15-28-26(31-23)30-21-8-10-22(11-9-21)32-16-4-3-7-25(32)34/h8-11,13,15,17-19,24H,1-7,12,16H2,(H,28,30,31). The fourth-order valence-electron chi connectivity index (χ4n) is 5.08. The van der Waals surface area contributed by atoms with Crippen molar-refractivity contribution in [1.82, 2.24) is 19.7 Å². The number of piperidine rings is 1. The number of aromatic nitrogens is 4. The first-order chi connectivity index (χ1) is 16.7. The van der Waals surface area contributed by atoms with Crippen molar-refractivity contribution in [1.29, 1.82) is 5.26 Å². The Labute approximate surface area is 199 Å². The second-order valence-electron chi connectivity index (χ2n) is 9.12. The normalized spacial score (nSPS) is 17.5. The summed E-state index contributed by atoms with van der Waals surface area (Å²) in [7, 11) is 0. The number of amides is 1. The zero-order valence-corrected chi connectivity index (χ0v) is 19.2. The third kappa shape index (κ3) is 4.79. The molecule has 3 aromatic rings. The van der Waals surface area contributed by atoms with Crippen LogP contribution in [0.4, 0.5) is 17.3 Å². The number of nitriles is 1. The molecule has 8 nitrogen and oxygen atoms in total. The molecule has 1 unspecified atom stereocenters. The van der Waals surface area contributed by atoms with Crippen molar-refractivity contribution in [3.8, 4) is 17.3 Å². The summed E-state index contributed by atoms with van der Waals surface area (Å²) in [6.07, 6.45) is 13.4. The van der Waals surface area contributed by atoms with Gasteiger partial charge in [0.1, 0.15) is 0 Å². The molecule has 1 amide bonds. The topological polar surface area (TPSA) is 99.7 Å². The van der Waals surface area contributed by atoms with E-state index in [1.54, 1.807) is 6.20 Å². The molecule has 8 heteroatoms. The van der Waals surface area contributed by atoms with Crippen molar-refractivity contribution >= 4 is 23.2 Å². The Morgan fingerprint density at radius 2 is 1.94 bits per heavy atom. The van der Waals surface area contributed by atoms with E-state index in [1.165, 1.54) is 12.8 Å². The lowest BCUT2D eigenvalue weighted by atomic mass is 9.96. The maximum Gasteiger partial charge on any atom is 0.227 e. The van der Waals surface area contributed by atoms with E-state index in [4.69, 9.17) is 0 Å². The lowest BCUT2D eigenvalue weighted by Crippen LogP contribution is -2.35. The van der Waals surface area contributed by atoms with Crippen LogP contribution in [0.5, 0.6) is 0 Å². The molecule has 0 spiro atoms. The Balaban J connectivity index is 1.29. The fourth-order valence-corrected chi connectivity index (χ4v) is 5.08. The molecule has 1 N–H and O–H groups in total. The van der Waals surface area contributed by atoms with Crippen molar-refractivity contribution in [2.75, 3.05) is 16.8 Å². The third-order valence-electron chi connectivity index (χ3n) is 6.90. The molecule has 34 heavy (non-hydrogen) atoms. The molecule has 1 aliphatic carbocycles. The molecule has 1 atom stereocenters. The average molecular weight is 456 g/mol. The Hall–Kier alpha value is -3.73. The SMILES string of the molecule is N#CCC(C1CCCC1)n1cc(-c2ccnc(Nc3ccc(N4CCCCC4=O)cc3)n2)cn1. The summed E-state index contributed by atoms with van der Waals surface area (Å²) in [4.78, 5) is 23.1. The zero-order valence-electron chi connectivity index (χ0n) is 19.2. The lowest BCUT2D eigenvalue weighted by Gasteiger charge is -2.26. The van der Waals surface area contributed by atoms with E-state index in [0.717, 1.165) is 54.9 Å². The molecule has 2 aliphatic rings. The highest BCUT2D eigenvalue weighted by Crippen LogP contribution is 2.36. The van der Waals surface area contributed by atoms with Gasteiger partial charge in [0.15, 0.2) is 0 Å². The second kappa shape index (κ2) is 10.0. The Morgan fingerprint density at radius 3 is 2.71 bits per heavy atom. The Bertz CT molecular complexity index is 1170. The van der Waals surface area contributed by atoms with Gasteiger partial charge >= 0.3 is 0 Å². The number of carbonyl (C=O) groups excluding carboxylic acids is 1. The quantitative estimate of drug-likeness (QED) is 0.523. The molecule has 2 fully saturated rings. The number of hydrogen-bond donors (Lipinski definition) is 1. The van der Waals surface area contributed by atoms with Crippen molar-refractivity contribution in [2.45, 2.75) is 57.4 Å². The number of nitrogens with one attached hydrogen (secondary N) is 1. The summed E-state index contributed by atoms with van der Waals surface area (Å²) in [6.45, 7) is 0.778.